The molecule has 1 aromatic heterocycles. The molecule has 17 heavy (non-hydrogen) atoms. The van der Waals surface area contributed by atoms with E-state index in [9.17, 15) is 4.79 Å². The van der Waals surface area contributed by atoms with E-state index in [4.69, 9.17) is 4.74 Å². The predicted molar refractivity (Wildman–Crippen MR) is 64.5 cm³/mol. The van der Waals surface area contributed by atoms with Crippen molar-refractivity contribution in [2.75, 3.05) is 19.8 Å². The van der Waals surface area contributed by atoms with Crippen LogP contribution in [0.4, 0.5) is 0 Å². The molecule has 1 amide bonds. The second-order valence-corrected chi connectivity index (χ2v) is 4.90. The van der Waals surface area contributed by atoms with Crippen molar-refractivity contribution in [3.63, 3.8) is 0 Å². The number of nitrogens with one attached hydrogen (secondary N) is 1. The summed E-state index contributed by atoms with van der Waals surface area (Å²) in [6.07, 6.45) is 2.94. The van der Waals surface area contributed by atoms with Gasteiger partial charge in [0, 0.05) is 30.3 Å². The lowest BCUT2D eigenvalue weighted by molar-refractivity contribution is -0.126. The second kappa shape index (κ2) is 5.27. The lowest BCUT2D eigenvalue weighted by Crippen LogP contribution is -2.48. The summed E-state index contributed by atoms with van der Waals surface area (Å²) < 4.78 is 5.14. The molecule has 4 nitrogen and oxygen atoms in total. The Morgan fingerprint density at radius 2 is 2.35 bits per heavy atom. The first-order valence-corrected chi connectivity index (χ1v) is 5.92. The molecular formula is C13H18N2O2. The lowest BCUT2D eigenvalue weighted by Gasteiger charge is -2.38. The molecule has 0 saturated carbocycles. The molecule has 1 saturated heterocycles. The number of aromatic nitrogens is 1. The summed E-state index contributed by atoms with van der Waals surface area (Å²) in [5.41, 5.74) is 1.10. The zero-order valence-electron chi connectivity index (χ0n) is 10.1. The van der Waals surface area contributed by atoms with Gasteiger partial charge >= 0.3 is 0 Å². The van der Waals surface area contributed by atoms with Gasteiger partial charge in [0.1, 0.15) is 0 Å². The topological polar surface area (TPSA) is 51.2 Å². The van der Waals surface area contributed by atoms with Crippen LogP contribution in [0.15, 0.2) is 24.4 Å². The maximum absolute atomic E-state index is 11.6. The molecule has 92 valence electrons. The van der Waals surface area contributed by atoms with Crippen molar-refractivity contribution in [1.82, 2.24) is 10.3 Å². The van der Waals surface area contributed by atoms with Gasteiger partial charge in [0.25, 0.3) is 0 Å². The van der Waals surface area contributed by atoms with Gasteiger partial charge in [-0.2, -0.15) is 0 Å². The van der Waals surface area contributed by atoms with Crippen molar-refractivity contribution in [3.05, 3.63) is 30.1 Å². The second-order valence-electron chi connectivity index (χ2n) is 4.90. The number of hydrogen-bond donors (Lipinski definition) is 1. The molecule has 1 fully saturated rings. The van der Waals surface area contributed by atoms with Crippen molar-refractivity contribution in [2.45, 2.75) is 19.8 Å². The molecule has 1 aliphatic heterocycles. The van der Waals surface area contributed by atoms with E-state index in [0.29, 0.717) is 19.4 Å². The Morgan fingerprint density at radius 3 is 2.94 bits per heavy atom. The Labute approximate surface area is 101 Å². The Bertz CT molecular complexity index is 374. The van der Waals surface area contributed by atoms with Gasteiger partial charge in [0.15, 0.2) is 0 Å². The minimum absolute atomic E-state index is 0.0868. The molecule has 2 heterocycles. The molecule has 0 spiro atoms. The summed E-state index contributed by atoms with van der Waals surface area (Å²) >= 11 is 0. The van der Waals surface area contributed by atoms with Crippen molar-refractivity contribution >= 4 is 5.91 Å². The van der Waals surface area contributed by atoms with E-state index in [0.717, 1.165) is 18.9 Å². The molecule has 0 unspecified atom stereocenters. The number of amides is 1. The Kier molecular flexibility index (Phi) is 3.74. The quantitative estimate of drug-likeness (QED) is 0.832. The van der Waals surface area contributed by atoms with E-state index in [-0.39, 0.29) is 11.3 Å². The zero-order valence-corrected chi connectivity index (χ0v) is 10.1. The van der Waals surface area contributed by atoms with Gasteiger partial charge in [-0.25, -0.2) is 0 Å². The fourth-order valence-corrected chi connectivity index (χ4v) is 1.74. The molecule has 1 aromatic rings. The van der Waals surface area contributed by atoms with Crippen LogP contribution in [0.3, 0.4) is 0 Å². The molecule has 2 rings (SSSR count). The summed E-state index contributed by atoms with van der Waals surface area (Å²) in [5, 5.41) is 2.95. The van der Waals surface area contributed by atoms with Crippen molar-refractivity contribution < 1.29 is 9.53 Å². The molecule has 0 radical (unpaired) electrons. The third-order valence-electron chi connectivity index (χ3n) is 2.95. The molecule has 0 atom stereocenters. The first-order valence-electron chi connectivity index (χ1n) is 5.92. The van der Waals surface area contributed by atoms with Crippen LogP contribution >= 0.6 is 0 Å². The number of hydrogen-bond acceptors (Lipinski definition) is 3. The average Bonchev–Trinajstić information content (AvgIpc) is 2.33. The van der Waals surface area contributed by atoms with Crippen LogP contribution in [-0.4, -0.2) is 30.6 Å². The van der Waals surface area contributed by atoms with Crippen molar-refractivity contribution in [1.29, 1.82) is 0 Å². The molecular weight excluding hydrogens is 216 g/mol. The average molecular weight is 234 g/mol. The van der Waals surface area contributed by atoms with Crippen LogP contribution in [0.25, 0.3) is 0 Å². The van der Waals surface area contributed by atoms with Gasteiger partial charge in [-0.3, -0.25) is 9.78 Å². The number of carbonyl (C=O) groups is 1. The first kappa shape index (κ1) is 12.0. The minimum atomic E-state index is 0.0868. The number of nitrogens with zero attached hydrogens (tertiary/aromatic N) is 1. The maximum Gasteiger partial charge on any atom is 0.220 e. The van der Waals surface area contributed by atoms with E-state index in [1.54, 1.807) is 6.20 Å². The van der Waals surface area contributed by atoms with E-state index in [1.165, 1.54) is 0 Å². The summed E-state index contributed by atoms with van der Waals surface area (Å²) in [6, 6.07) is 5.75. The van der Waals surface area contributed by atoms with Crippen LogP contribution in [0.2, 0.25) is 0 Å². The SMILES string of the molecule is CC1(CNC(=O)CCc2ccccn2)COC1. The van der Waals surface area contributed by atoms with Crippen LogP contribution in [0.5, 0.6) is 0 Å². The van der Waals surface area contributed by atoms with Gasteiger partial charge in [-0.15, -0.1) is 0 Å². The highest BCUT2D eigenvalue weighted by atomic mass is 16.5. The molecule has 0 aliphatic carbocycles. The highest BCUT2D eigenvalue weighted by molar-refractivity contribution is 5.76. The predicted octanol–water partition coefficient (Wildman–Crippen LogP) is 1.17. The normalized spacial score (nSPS) is 17.2. The fraction of sp³-hybridized carbons (Fsp3) is 0.538. The van der Waals surface area contributed by atoms with Crippen LogP contribution in [0.1, 0.15) is 19.0 Å². The molecule has 1 aliphatic rings. The Hall–Kier alpha value is -1.42. The monoisotopic (exact) mass is 234 g/mol. The van der Waals surface area contributed by atoms with Gasteiger partial charge < -0.3 is 10.1 Å². The van der Waals surface area contributed by atoms with Gasteiger partial charge in [-0.05, 0) is 18.6 Å². The molecule has 4 heteroatoms. The molecule has 0 bridgehead atoms. The molecule has 1 N–H and O–H groups in total. The van der Waals surface area contributed by atoms with E-state index in [2.05, 4.69) is 17.2 Å². The summed E-state index contributed by atoms with van der Waals surface area (Å²) in [5.74, 6) is 0.0868. The minimum Gasteiger partial charge on any atom is -0.380 e. The number of rotatable bonds is 5. The summed E-state index contributed by atoms with van der Waals surface area (Å²) in [4.78, 5) is 15.8. The Morgan fingerprint density at radius 1 is 1.53 bits per heavy atom. The highest BCUT2D eigenvalue weighted by Crippen LogP contribution is 2.24. The largest absolute Gasteiger partial charge is 0.380 e. The standard InChI is InChI=1S/C13H18N2O2/c1-13(9-17-10-13)8-15-12(16)6-5-11-4-2-3-7-14-11/h2-4,7H,5-6,8-10H2,1H3,(H,15,16). The smallest absolute Gasteiger partial charge is 0.220 e. The third kappa shape index (κ3) is 3.53. The van der Waals surface area contributed by atoms with Gasteiger partial charge in [0.2, 0.25) is 5.91 Å². The summed E-state index contributed by atoms with van der Waals surface area (Å²) in [6.45, 7) is 4.31. The van der Waals surface area contributed by atoms with E-state index >= 15 is 0 Å². The maximum atomic E-state index is 11.6. The van der Waals surface area contributed by atoms with Gasteiger partial charge in [-0.1, -0.05) is 13.0 Å². The van der Waals surface area contributed by atoms with Crippen molar-refractivity contribution in [3.8, 4) is 0 Å². The fourth-order valence-electron chi connectivity index (χ4n) is 1.74. The number of aryl methyl sites for hydroxylation is 1. The first-order chi connectivity index (χ1) is 8.18. The summed E-state index contributed by atoms with van der Waals surface area (Å²) in [7, 11) is 0. The number of ether oxygens (including phenoxy) is 1. The molecule has 0 aromatic carbocycles. The van der Waals surface area contributed by atoms with Crippen molar-refractivity contribution in [2.24, 2.45) is 5.41 Å². The van der Waals surface area contributed by atoms with E-state index < -0.39 is 0 Å². The number of carbonyl (C=O) groups excluding carboxylic acids is 1. The lowest BCUT2D eigenvalue weighted by atomic mass is 9.89. The Balaban J connectivity index is 1.67. The van der Waals surface area contributed by atoms with E-state index in [1.807, 2.05) is 18.2 Å². The number of pyridine rings is 1. The van der Waals surface area contributed by atoms with Crippen LogP contribution < -0.4 is 5.32 Å². The zero-order chi connectivity index (χ0) is 12.1. The third-order valence-corrected chi connectivity index (χ3v) is 2.95. The van der Waals surface area contributed by atoms with Crippen LogP contribution in [-0.2, 0) is 16.0 Å². The van der Waals surface area contributed by atoms with Gasteiger partial charge in [0.05, 0.1) is 13.2 Å². The van der Waals surface area contributed by atoms with Crippen LogP contribution in [0, 0.1) is 5.41 Å². The highest BCUT2D eigenvalue weighted by Gasteiger charge is 2.33.